The Morgan fingerprint density at radius 3 is 0.814 bits per heavy atom. The van der Waals surface area contributed by atoms with Crippen LogP contribution >= 0.6 is 0 Å². The second kappa shape index (κ2) is 59.2. The fraction of sp³-hybridized carbons (Fsp3) is 0.859. The van der Waals surface area contributed by atoms with E-state index in [1.807, 2.05) is 0 Å². The highest BCUT2D eigenvalue weighted by atomic mass is 16.6. The van der Waals surface area contributed by atoms with Gasteiger partial charge in [-0.05, 0) is 77.0 Å². The van der Waals surface area contributed by atoms with Gasteiger partial charge in [0.25, 0.3) is 0 Å². The quantitative estimate of drug-likeness (QED) is 0.0261. The van der Waals surface area contributed by atoms with E-state index in [-0.39, 0.29) is 31.1 Å². The molecule has 0 saturated heterocycles. The molecule has 0 saturated carbocycles. The summed E-state index contributed by atoms with van der Waals surface area (Å²) in [5.74, 6) is -0.868. The van der Waals surface area contributed by atoms with Crippen LogP contribution in [0.25, 0.3) is 0 Å². The first-order valence-electron chi connectivity index (χ1n) is 31.0. The largest absolute Gasteiger partial charge is 0.462 e. The maximum absolute atomic E-state index is 12.9. The van der Waals surface area contributed by atoms with Crippen LogP contribution in [-0.2, 0) is 28.6 Å². The predicted molar refractivity (Wildman–Crippen MR) is 302 cm³/mol. The second-order valence-electron chi connectivity index (χ2n) is 21.0. The minimum absolute atomic E-state index is 0.0751. The summed E-state index contributed by atoms with van der Waals surface area (Å²) < 4.78 is 16.9. The molecule has 0 aromatic carbocycles. The number of esters is 3. The van der Waals surface area contributed by atoms with Crippen LogP contribution in [0.4, 0.5) is 0 Å². The standard InChI is InChI=1S/C64H118O6/c1-4-7-10-13-16-19-22-25-28-31-33-36-39-42-45-48-51-54-57-63(66)69-60-61(59-68-62(65)56-53-50-47-44-41-38-35-30-27-24-21-18-15-12-9-6-3)70-64(67)58-55-52-49-46-43-40-37-34-32-29-26-23-20-17-14-11-8-5-2/h19,22,28,30-31,35,61H,4-18,20-21,23-27,29,32-34,36-60H2,1-3H3/b22-19-,31-28-,35-30-. The van der Waals surface area contributed by atoms with E-state index in [2.05, 4.69) is 57.2 Å². The van der Waals surface area contributed by atoms with Gasteiger partial charge in [-0.2, -0.15) is 0 Å². The number of allylic oxidation sites excluding steroid dienone is 6. The molecule has 0 amide bonds. The highest BCUT2D eigenvalue weighted by molar-refractivity contribution is 5.71. The third kappa shape index (κ3) is 56.5. The zero-order valence-electron chi connectivity index (χ0n) is 47.1. The Hall–Kier alpha value is -2.37. The van der Waals surface area contributed by atoms with Crippen molar-refractivity contribution in [1.29, 1.82) is 0 Å². The molecule has 0 spiro atoms. The number of carbonyl (C=O) groups excluding carboxylic acids is 3. The van der Waals surface area contributed by atoms with Crippen LogP contribution < -0.4 is 0 Å². The molecule has 70 heavy (non-hydrogen) atoms. The summed E-state index contributed by atoms with van der Waals surface area (Å²) in [5, 5.41) is 0. The minimum atomic E-state index is -0.776. The van der Waals surface area contributed by atoms with Gasteiger partial charge in [-0.1, -0.05) is 276 Å². The molecule has 1 unspecified atom stereocenters. The molecule has 0 aromatic rings. The average molecular weight is 984 g/mol. The van der Waals surface area contributed by atoms with E-state index >= 15 is 0 Å². The van der Waals surface area contributed by atoms with Crippen molar-refractivity contribution >= 4 is 17.9 Å². The SMILES string of the molecule is CCCCCC/C=C\C/C=C\CCCCCCCCCC(=O)OCC(COC(=O)CCCCCCC/C=C\CCCCCCCCC)OC(=O)CCCCCCCCCCCCCCCCCCCC. The molecule has 0 rings (SSSR count). The van der Waals surface area contributed by atoms with Gasteiger partial charge in [0.05, 0.1) is 0 Å². The van der Waals surface area contributed by atoms with Crippen LogP contribution in [0.2, 0.25) is 0 Å². The Morgan fingerprint density at radius 2 is 0.514 bits per heavy atom. The normalized spacial score (nSPS) is 12.2. The predicted octanol–water partition coefficient (Wildman–Crippen LogP) is 20.8. The molecule has 0 radical (unpaired) electrons. The first-order valence-corrected chi connectivity index (χ1v) is 31.0. The van der Waals surface area contributed by atoms with E-state index in [4.69, 9.17) is 14.2 Å². The lowest BCUT2D eigenvalue weighted by Crippen LogP contribution is -2.30. The van der Waals surface area contributed by atoms with Crippen molar-refractivity contribution in [3.8, 4) is 0 Å². The third-order valence-corrected chi connectivity index (χ3v) is 13.9. The highest BCUT2D eigenvalue weighted by Crippen LogP contribution is 2.17. The Kier molecular flexibility index (Phi) is 57.2. The zero-order valence-corrected chi connectivity index (χ0v) is 47.1. The van der Waals surface area contributed by atoms with E-state index in [0.717, 1.165) is 77.0 Å². The van der Waals surface area contributed by atoms with E-state index in [1.54, 1.807) is 0 Å². The van der Waals surface area contributed by atoms with Crippen molar-refractivity contribution in [3.05, 3.63) is 36.5 Å². The average Bonchev–Trinajstić information content (AvgIpc) is 3.36. The molecular weight excluding hydrogens is 865 g/mol. The smallest absolute Gasteiger partial charge is 0.306 e. The van der Waals surface area contributed by atoms with E-state index in [1.165, 1.54) is 218 Å². The maximum atomic E-state index is 12.9. The lowest BCUT2D eigenvalue weighted by Gasteiger charge is -2.18. The van der Waals surface area contributed by atoms with E-state index < -0.39 is 6.10 Å². The Bertz CT molecular complexity index is 1170. The van der Waals surface area contributed by atoms with Gasteiger partial charge < -0.3 is 14.2 Å². The number of hydrogen-bond acceptors (Lipinski definition) is 6. The van der Waals surface area contributed by atoms with Crippen LogP contribution in [0.3, 0.4) is 0 Å². The van der Waals surface area contributed by atoms with Gasteiger partial charge >= 0.3 is 17.9 Å². The summed E-state index contributed by atoms with van der Waals surface area (Å²) in [4.78, 5) is 38.3. The fourth-order valence-corrected chi connectivity index (χ4v) is 9.18. The first kappa shape index (κ1) is 67.6. The number of carbonyl (C=O) groups is 3. The van der Waals surface area contributed by atoms with Crippen molar-refractivity contribution < 1.29 is 28.6 Å². The van der Waals surface area contributed by atoms with Gasteiger partial charge in [0.15, 0.2) is 6.10 Å². The highest BCUT2D eigenvalue weighted by Gasteiger charge is 2.19. The van der Waals surface area contributed by atoms with Gasteiger partial charge in [-0.3, -0.25) is 14.4 Å². The van der Waals surface area contributed by atoms with E-state index in [9.17, 15) is 14.4 Å². The van der Waals surface area contributed by atoms with Crippen molar-refractivity contribution in [2.75, 3.05) is 13.2 Å². The molecule has 6 nitrogen and oxygen atoms in total. The molecule has 0 bridgehead atoms. The van der Waals surface area contributed by atoms with Gasteiger partial charge in [-0.25, -0.2) is 0 Å². The van der Waals surface area contributed by atoms with Gasteiger partial charge in [0.1, 0.15) is 13.2 Å². The Balaban J connectivity index is 4.36. The molecular formula is C64H118O6. The molecule has 0 aromatic heterocycles. The summed E-state index contributed by atoms with van der Waals surface area (Å²) in [6, 6.07) is 0. The molecule has 0 N–H and O–H groups in total. The number of ether oxygens (including phenoxy) is 3. The molecule has 1 atom stereocenters. The first-order chi connectivity index (χ1) is 34.5. The minimum Gasteiger partial charge on any atom is -0.462 e. The lowest BCUT2D eigenvalue weighted by molar-refractivity contribution is -0.167. The summed E-state index contributed by atoms with van der Waals surface area (Å²) in [7, 11) is 0. The third-order valence-electron chi connectivity index (χ3n) is 13.9. The fourth-order valence-electron chi connectivity index (χ4n) is 9.18. The molecule has 6 heteroatoms. The van der Waals surface area contributed by atoms with Crippen LogP contribution in [0.5, 0.6) is 0 Å². The van der Waals surface area contributed by atoms with Crippen molar-refractivity contribution in [2.45, 2.75) is 341 Å². The summed E-state index contributed by atoms with van der Waals surface area (Å²) in [6.07, 6.45) is 71.4. The van der Waals surface area contributed by atoms with Crippen LogP contribution in [0.1, 0.15) is 335 Å². The molecule has 0 aliphatic heterocycles. The monoisotopic (exact) mass is 983 g/mol. The van der Waals surface area contributed by atoms with Crippen LogP contribution in [-0.4, -0.2) is 37.2 Å². The number of rotatable bonds is 57. The number of hydrogen-bond donors (Lipinski definition) is 0. The Morgan fingerprint density at radius 1 is 0.286 bits per heavy atom. The van der Waals surface area contributed by atoms with E-state index in [0.29, 0.717) is 19.3 Å². The molecule has 410 valence electrons. The van der Waals surface area contributed by atoms with Crippen LogP contribution in [0, 0.1) is 0 Å². The Labute approximate surface area is 435 Å². The van der Waals surface area contributed by atoms with Gasteiger partial charge in [-0.15, -0.1) is 0 Å². The van der Waals surface area contributed by atoms with Crippen molar-refractivity contribution in [3.63, 3.8) is 0 Å². The summed E-state index contributed by atoms with van der Waals surface area (Å²) in [6.45, 7) is 6.66. The second-order valence-corrected chi connectivity index (χ2v) is 21.0. The molecule has 0 aliphatic carbocycles. The van der Waals surface area contributed by atoms with Crippen LogP contribution in [0.15, 0.2) is 36.5 Å². The topological polar surface area (TPSA) is 78.9 Å². The van der Waals surface area contributed by atoms with Crippen molar-refractivity contribution in [2.24, 2.45) is 0 Å². The van der Waals surface area contributed by atoms with Gasteiger partial charge in [0.2, 0.25) is 0 Å². The van der Waals surface area contributed by atoms with Gasteiger partial charge in [0, 0.05) is 19.3 Å². The lowest BCUT2D eigenvalue weighted by atomic mass is 10.0. The zero-order chi connectivity index (χ0) is 50.7. The molecule has 0 fully saturated rings. The summed E-state index contributed by atoms with van der Waals surface area (Å²) >= 11 is 0. The summed E-state index contributed by atoms with van der Waals surface area (Å²) in [5.41, 5.74) is 0. The van der Waals surface area contributed by atoms with Crippen molar-refractivity contribution in [1.82, 2.24) is 0 Å². The molecule has 0 aliphatic rings. The molecule has 0 heterocycles. The number of unbranched alkanes of at least 4 members (excludes halogenated alkanes) is 40. The maximum Gasteiger partial charge on any atom is 0.306 e.